The molecule has 1 N–H and O–H groups in total. The van der Waals surface area contributed by atoms with Crippen LogP contribution in [-0.4, -0.2) is 35.0 Å². The highest BCUT2D eigenvalue weighted by atomic mass is 16.4. The number of rotatable bonds is 5. The lowest BCUT2D eigenvalue weighted by atomic mass is 10.0. The number of hydrogen-bond acceptors (Lipinski definition) is 2. The van der Waals surface area contributed by atoms with Gasteiger partial charge in [-0.1, -0.05) is 27.7 Å². The molecule has 0 aromatic rings. The minimum atomic E-state index is -0.916. The summed E-state index contributed by atoms with van der Waals surface area (Å²) in [5, 5.41) is 8.93. The van der Waals surface area contributed by atoms with Crippen molar-refractivity contribution in [1.29, 1.82) is 0 Å². The summed E-state index contributed by atoms with van der Waals surface area (Å²) in [6.07, 6.45) is 2.25. The summed E-state index contributed by atoms with van der Waals surface area (Å²) in [6.45, 7) is 8.82. The lowest BCUT2D eigenvalue weighted by Crippen LogP contribution is -2.39. The van der Waals surface area contributed by atoms with E-state index in [1.54, 1.807) is 4.90 Å². The van der Waals surface area contributed by atoms with Crippen molar-refractivity contribution in [3.63, 3.8) is 0 Å². The summed E-state index contributed by atoms with van der Waals surface area (Å²) in [5.41, 5.74) is -0.0468. The first-order chi connectivity index (χ1) is 8.18. The summed E-state index contributed by atoms with van der Waals surface area (Å²) in [4.78, 5) is 24.9. The third-order valence-electron chi connectivity index (χ3n) is 5.08. The van der Waals surface area contributed by atoms with Gasteiger partial charge in [-0.2, -0.15) is 0 Å². The summed E-state index contributed by atoms with van der Waals surface area (Å²) >= 11 is 0. The number of nitrogens with zero attached hydrogens (tertiary/aromatic N) is 1. The molecule has 2 fully saturated rings. The van der Waals surface area contributed by atoms with Gasteiger partial charge < -0.3 is 10.0 Å². The van der Waals surface area contributed by atoms with E-state index in [0.29, 0.717) is 12.5 Å². The molecule has 0 aromatic heterocycles. The molecule has 4 heteroatoms. The largest absolute Gasteiger partial charge is 0.480 e. The molecule has 2 aliphatic rings. The summed E-state index contributed by atoms with van der Waals surface area (Å²) in [6, 6.07) is 0. The molecule has 2 saturated carbocycles. The number of carboxylic acid groups (broad SMARTS) is 1. The van der Waals surface area contributed by atoms with Crippen LogP contribution in [0.1, 0.15) is 40.5 Å². The highest BCUT2D eigenvalue weighted by molar-refractivity contribution is 5.87. The van der Waals surface area contributed by atoms with Crippen LogP contribution >= 0.6 is 0 Å². The van der Waals surface area contributed by atoms with Crippen LogP contribution in [0.25, 0.3) is 0 Å². The monoisotopic (exact) mass is 253 g/mol. The average Bonchev–Trinajstić information content (AvgIpc) is 3.05. The predicted octanol–water partition coefficient (Wildman–Crippen LogP) is 1.99. The Bertz CT molecular complexity index is 369. The smallest absolute Gasteiger partial charge is 0.323 e. The molecule has 0 spiro atoms. The maximum Gasteiger partial charge on any atom is 0.323 e. The van der Waals surface area contributed by atoms with Crippen molar-refractivity contribution in [2.24, 2.45) is 22.7 Å². The van der Waals surface area contributed by atoms with Gasteiger partial charge in [0.1, 0.15) is 6.54 Å². The fraction of sp³-hybridized carbons (Fsp3) is 0.857. The van der Waals surface area contributed by atoms with E-state index in [9.17, 15) is 9.59 Å². The van der Waals surface area contributed by atoms with Crippen molar-refractivity contribution in [3.8, 4) is 0 Å². The lowest BCUT2D eigenvalue weighted by molar-refractivity contribution is -0.145. The second-order valence-corrected chi connectivity index (χ2v) is 6.93. The van der Waals surface area contributed by atoms with E-state index in [1.165, 1.54) is 0 Å². The Morgan fingerprint density at radius 3 is 2.00 bits per heavy atom. The van der Waals surface area contributed by atoms with E-state index in [-0.39, 0.29) is 29.2 Å². The minimum Gasteiger partial charge on any atom is -0.480 e. The normalized spacial score (nSPS) is 24.7. The first-order valence-electron chi connectivity index (χ1n) is 6.68. The van der Waals surface area contributed by atoms with Crippen LogP contribution in [0.3, 0.4) is 0 Å². The number of carbonyl (C=O) groups excluding carboxylic acids is 1. The van der Waals surface area contributed by atoms with Crippen LogP contribution in [0.15, 0.2) is 0 Å². The van der Waals surface area contributed by atoms with Crippen molar-refractivity contribution >= 4 is 11.9 Å². The molecule has 0 bridgehead atoms. The number of aliphatic carboxylic acids is 1. The van der Waals surface area contributed by atoms with Gasteiger partial charge in [0.15, 0.2) is 0 Å². The zero-order chi connectivity index (χ0) is 13.7. The Labute approximate surface area is 108 Å². The molecule has 0 atom stereocenters. The standard InChI is InChI=1S/C14H23NO3/c1-13(2)11(14(13,3)4)12(18)15(8-10(16)17)7-9-5-6-9/h9,11H,5-8H2,1-4H3,(H,16,17). The Morgan fingerprint density at radius 1 is 1.17 bits per heavy atom. The first kappa shape index (κ1) is 13.4. The van der Waals surface area contributed by atoms with Gasteiger partial charge in [-0.3, -0.25) is 9.59 Å². The molecule has 4 nitrogen and oxygen atoms in total. The molecule has 102 valence electrons. The van der Waals surface area contributed by atoms with Crippen LogP contribution in [-0.2, 0) is 9.59 Å². The van der Waals surface area contributed by atoms with E-state index in [0.717, 1.165) is 12.8 Å². The van der Waals surface area contributed by atoms with Crippen LogP contribution < -0.4 is 0 Å². The SMILES string of the molecule is CC1(C)C(C(=O)N(CC(=O)O)CC2CC2)C1(C)C. The molecule has 0 aliphatic heterocycles. The van der Waals surface area contributed by atoms with E-state index >= 15 is 0 Å². The van der Waals surface area contributed by atoms with Gasteiger partial charge in [0.05, 0.1) is 0 Å². The third-order valence-corrected chi connectivity index (χ3v) is 5.08. The summed E-state index contributed by atoms with van der Waals surface area (Å²) in [7, 11) is 0. The fourth-order valence-corrected chi connectivity index (χ4v) is 3.00. The minimum absolute atomic E-state index is 0.0234. The van der Waals surface area contributed by atoms with Gasteiger partial charge in [-0.05, 0) is 29.6 Å². The van der Waals surface area contributed by atoms with Crippen molar-refractivity contribution in [2.75, 3.05) is 13.1 Å². The van der Waals surface area contributed by atoms with Gasteiger partial charge in [0.25, 0.3) is 0 Å². The second kappa shape index (κ2) is 3.97. The number of hydrogen-bond donors (Lipinski definition) is 1. The van der Waals surface area contributed by atoms with Gasteiger partial charge in [-0.15, -0.1) is 0 Å². The molecule has 1 amide bonds. The molecule has 0 unspecified atom stereocenters. The molecule has 0 saturated heterocycles. The first-order valence-corrected chi connectivity index (χ1v) is 6.68. The quantitative estimate of drug-likeness (QED) is 0.815. The predicted molar refractivity (Wildman–Crippen MR) is 68.0 cm³/mol. The zero-order valence-electron chi connectivity index (χ0n) is 11.7. The van der Waals surface area contributed by atoms with Gasteiger partial charge in [0, 0.05) is 12.5 Å². The van der Waals surface area contributed by atoms with Crippen molar-refractivity contribution < 1.29 is 14.7 Å². The summed E-state index contributed by atoms with van der Waals surface area (Å²) in [5.74, 6) is -0.402. The molecule has 18 heavy (non-hydrogen) atoms. The van der Waals surface area contributed by atoms with Crippen molar-refractivity contribution in [3.05, 3.63) is 0 Å². The Kier molecular flexibility index (Phi) is 2.95. The molecular weight excluding hydrogens is 230 g/mol. The molecule has 0 aromatic carbocycles. The summed E-state index contributed by atoms with van der Waals surface area (Å²) < 4.78 is 0. The lowest BCUT2D eigenvalue weighted by Gasteiger charge is -2.21. The Hall–Kier alpha value is -1.06. The van der Waals surface area contributed by atoms with Gasteiger partial charge in [0.2, 0.25) is 5.91 Å². The molecule has 0 radical (unpaired) electrons. The maximum absolute atomic E-state index is 12.5. The molecular formula is C14H23NO3. The van der Waals surface area contributed by atoms with Gasteiger partial charge >= 0.3 is 5.97 Å². The molecule has 2 rings (SSSR count). The van der Waals surface area contributed by atoms with Crippen LogP contribution in [0.5, 0.6) is 0 Å². The molecule has 0 heterocycles. The van der Waals surface area contributed by atoms with Crippen molar-refractivity contribution in [1.82, 2.24) is 4.90 Å². The zero-order valence-corrected chi connectivity index (χ0v) is 11.7. The number of carboxylic acids is 1. The Morgan fingerprint density at radius 2 is 1.67 bits per heavy atom. The average molecular weight is 253 g/mol. The van der Waals surface area contributed by atoms with Gasteiger partial charge in [-0.25, -0.2) is 0 Å². The third kappa shape index (κ3) is 2.13. The highest BCUT2D eigenvalue weighted by Crippen LogP contribution is 2.68. The van der Waals surface area contributed by atoms with Crippen LogP contribution in [0.2, 0.25) is 0 Å². The van der Waals surface area contributed by atoms with Crippen LogP contribution in [0, 0.1) is 22.7 Å². The van der Waals surface area contributed by atoms with E-state index in [2.05, 4.69) is 27.7 Å². The van der Waals surface area contributed by atoms with E-state index in [1.807, 2.05) is 0 Å². The number of amides is 1. The van der Waals surface area contributed by atoms with Crippen LogP contribution in [0.4, 0.5) is 0 Å². The second-order valence-electron chi connectivity index (χ2n) is 6.93. The van der Waals surface area contributed by atoms with Crippen molar-refractivity contribution in [2.45, 2.75) is 40.5 Å². The topological polar surface area (TPSA) is 57.6 Å². The van der Waals surface area contributed by atoms with E-state index in [4.69, 9.17) is 5.11 Å². The Balaban J connectivity index is 2.06. The number of carbonyl (C=O) groups is 2. The maximum atomic E-state index is 12.5. The van der Waals surface area contributed by atoms with E-state index < -0.39 is 5.97 Å². The molecule has 2 aliphatic carbocycles. The highest BCUT2D eigenvalue weighted by Gasteiger charge is 2.68. The fourth-order valence-electron chi connectivity index (χ4n) is 3.00.